The number of carbonyl (C=O) groups is 1. The lowest BCUT2D eigenvalue weighted by Gasteiger charge is -2.05. The Morgan fingerprint density at radius 2 is 2.25 bits per heavy atom. The van der Waals surface area contributed by atoms with Crippen LogP contribution in [0.25, 0.3) is 0 Å². The summed E-state index contributed by atoms with van der Waals surface area (Å²) < 4.78 is 14.6. The highest BCUT2D eigenvalue weighted by Crippen LogP contribution is 2.11. The number of carbonyl (C=O) groups excluding carboxylic acids is 1. The van der Waals surface area contributed by atoms with Crippen LogP contribution < -0.4 is 11.2 Å². The van der Waals surface area contributed by atoms with Gasteiger partial charge in [0.15, 0.2) is 0 Å². The van der Waals surface area contributed by atoms with Crippen LogP contribution in [0.2, 0.25) is 0 Å². The first-order valence-corrected chi connectivity index (χ1v) is 6.93. The zero-order valence-electron chi connectivity index (χ0n) is 10.6. The van der Waals surface area contributed by atoms with Gasteiger partial charge in [-0.25, -0.2) is 9.07 Å². The Morgan fingerprint density at radius 1 is 1.45 bits per heavy atom. The number of rotatable bonds is 6. The molecule has 2 aromatic rings. The van der Waals surface area contributed by atoms with Gasteiger partial charge in [-0.1, -0.05) is 30.0 Å². The van der Waals surface area contributed by atoms with E-state index in [1.54, 1.807) is 18.2 Å². The van der Waals surface area contributed by atoms with Crippen molar-refractivity contribution < 1.29 is 9.18 Å². The molecular formula is C12H14FN5OS. The average Bonchev–Trinajstić information content (AvgIpc) is 2.84. The Kier molecular flexibility index (Phi) is 4.94. The Morgan fingerprint density at radius 3 is 2.95 bits per heavy atom. The number of hydrogen-bond donors (Lipinski definition) is 2. The van der Waals surface area contributed by atoms with E-state index < -0.39 is 0 Å². The maximum Gasteiger partial charge on any atom is 0.230 e. The van der Waals surface area contributed by atoms with Gasteiger partial charge in [0, 0.05) is 6.54 Å². The lowest BCUT2D eigenvalue weighted by atomic mass is 10.1. The zero-order valence-corrected chi connectivity index (χ0v) is 11.4. The Labute approximate surface area is 119 Å². The van der Waals surface area contributed by atoms with E-state index in [0.717, 1.165) is 0 Å². The minimum atomic E-state index is -0.257. The molecule has 1 heterocycles. The summed E-state index contributed by atoms with van der Waals surface area (Å²) in [6.45, 7) is 0.385. The molecule has 0 fully saturated rings. The number of nitrogens with one attached hydrogen (secondary N) is 1. The van der Waals surface area contributed by atoms with Gasteiger partial charge < -0.3 is 11.2 Å². The fourth-order valence-corrected chi connectivity index (χ4v) is 2.22. The van der Waals surface area contributed by atoms with Crippen LogP contribution in [-0.2, 0) is 11.2 Å². The summed E-state index contributed by atoms with van der Waals surface area (Å²) >= 11 is 1.19. The van der Waals surface area contributed by atoms with Crippen molar-refractivity contribution in [2.24, 2.45) is 0 Å². The molecular weight excluding hydrogens is 281 g/mol. The number of aromatic nitrogens is 3. The molecule has 106 valence electrons. The quantitative estimate of drug-likeness (QED) is 0.601. The molecule has 8 heteroatoms. The molecule has 1 aromatic heterocycles. The van der Waals surface area contributed by atoms with E-state index in [9.17, 15) is 9.18 Å². The summed E-state index contributed by atoms with van der Waals surface area (Å²) in [5, 5.41) is 10.5. The molecule has 0 saturated heterocycles. The molecule has 6 nitrogen and oxygen atoms in total. The minimum Gasteiger partial charge on any atom is -0.355 e. The first kappa shape index (κ1) is 14.3. The topological polar surface area (TPSA) is 85.8 Å². The predicted octanol–water partition coefficient (Wildman–Crippen LogP) is 0.582. The van der Waals surface area contributed by atoms with Crippen LogP contribution in [0, 0.1) is 5.82 Å². The fourth-order valence-electron chi connectivity index (χ4n) is 1.55. The number of amides is 1. The SMILES string of the molecule is Nn1cnnc1SCC(=O)NCCc1ccccc1F. The van der Waals surface area contributed by atoms with Gasteiger partial charge in [-0.15, -0.1) is 10.2 Å². The highest BCUT2D eigenvalue weighted by molar-refractivity contribution is 7.99. The fraction of sp³-hybridized carbons (Fsp3) is 0.250. The number of halogens is 1. The van der Waals surface area contributed by atoms with Gasteiger partial charge in [-0.2, -0.15) is 0 Å². The van der Waals surface area contributed by atoms with Crippen LogP contribution in [0.4, 0.5) is 4.39 Å². The molecule has 0 unspecified atom stereocenters. The third-order valence-corrected chi connectivity index (χ3v) is 3.50. The van der Waals surface area contributed by atoms with Gasteiger partial charge in [0.25, 0.3) is 0 Å². The van der Waals surface area contributed by atoms with Crippen LogP contribution in [0.15, 0.2) is 35.7 Å². The van der Waals surface area contributed by atoms with E-state index in [1.165, 1.54) is 28.8 Å². The van der Waals surface area contributed by atoms with Gasteiger partial charge >= 0.3 is 0 Å². The van der Waals surface area contributed by atoms with Gasteiger partial charge in [0.2, 0.25) is 11.1 Å². The number of nitrogen functional groups attached to an aromatic ring is 1. The van der Waals surface area contributed by atoms with Gasteiger partial charge in [-0.05, 0) is 18.1 Å². The Bertz CT molecular complexity index is 589. The number of thioether (sulfide) groups is 1. The second-order valence-electron chi connectivity index (χ2n) is 4.00. The molecule has 0 saturated carbocycles. The minimum absolute atomic E-state index is 0.158. The van der Waals surface area contributed by atoms with Crippen molar-refractivity contribution in [2.45, 2.75) is 11.6 Å². The molecule has 0 bridgehead atoms. The molecule has 0 aliphatic carbocycles. The molecule has 0 radical (unpaired) electrons. The van der Waals surface area contributed by atoms with Crippen molar-refractivity contribution in [3.8, 4) is 0 Å². The van der Waals surface area contributed by atoms with Gasteiger partial charge in [-0.3, -0.25) is 4.79 Å². The van der Waals surface area contributed by atoms with Crippen LogP contribution in [0.5, 0.6) is 0 Å². The first-order valence-electron chi connectivity index (χ1n) is 5.95. The average molecular weight is 295 g/mol. The van der Waals surface area contributed by atoms with E-state index in [0.29, 0.717) is 23.7 Å². The van der Waals surface area contributed by atoms with Crippen molar-refractivity contribution in [3.63, 3.8) is 0 Å². The van der Waals surface area contributed by atoms with Crippen LogP contribution in [0.1, 0.15) is 5.56 Å². The van der Waals surface area contributed by atoms with Crippen molar-refractivity contribution in [1.29, 1.82) is 0 Å². The molecule has 0 aliphatic heterocycles. The van der Waals surface area contributed by atoms with E-state index in [4.69, 9.17) is 5.84 Å². The lowest BCUT2D eigenvalue weighted by molar-refractivity contribution is -0.118. The predicted molar refractivity (Wildman–Crippen MR) is 74.0 cm³/mol. The van der Waals surface area contributed by atoms with Crippen molar-refractivity contribution >= 4 is 17.7 Å². The van der Waals surface area contributed by atoms with Crippen molar-refractivity contribution in [1.82, 2.24) is 20.2 Å². The summed E-state index contributed by atoms with van der Waals surface area (Å²) in [6.07, 6.45) is 1.81. The molecule has 0 atom stereocenters. The van der Waals surface area contributed by atoms with Crippen LogP contribution in [-0.4, -0.2) is 33.1 Å². The third kappa shape index (κ3) is 3.95. The van der Waals surface area contributed by atoms with E-state index in [-0.39, 0.29) is 17.5 Å². The second-order valence-corrected chi connectivity index (χ2v) is 4.94. The van der Waals surface area contributed by atoms with Gasteiger partial charge in [0.1, 0.15) is 12.1 Å². The monoisotopic (exact) mass is 295 g/mol. The summed E-state index contributed by atoms with van der Waals surface area (Å²) in [6, 6.07) is 6.51. The van der Waals surface area contributed by atoms with E-state index in [1.807, 2.05) is 0 Å². The second kappa shape index (κ2) is 6.90. The normalized spacial score (nSPS) is 10.4. The highest BCUT2D eigenvalue weighted by Gasteiger charge is 2.07. The number of benzene rings is 1. The van der Waals surface area contributed by atoms with Crippen molar-refractivity contribution in [2.75, 3.05) is 18.1 Å². The number of hydrogen-bond acceptors (Lipinski definition) is 5. The third-order valence-electron chi connectivity index (χ3n) is 2.55. The van der Waals surface area contributed by atoms with Gasteiger partial charge in [0.05, 0.1) is 5.75 Å². The largest absolute Gasteiger partial charge is 0.355 e. The standard InChI is InChI=1S/C12H14FN5OS/c13-10-4-2-1-3-9(10)5-6-15-11(19)7-20-12-17-16-8-18(12)14/h1-4,8H,5-7,14H2,(H,15,19). The molecule has 2 rings (SSSR count). The zero-order chi connectivity index (χ0) is 14.4. The first-order chi connectivity index (χ1) is 9.66. The molecule has 3 N–H and O–H groups in total. The molecule has 20 heavy (non-hydrogen) atoms. The summed E-state index contributed by atoms with van der Waals surface area (Å²) in [5.74, 6) is 5.29. The maximum absolute atomic E-state index is 13.3. The summed E-state index contributed by atoms with van der Waals surface area (Å²) in [7, 11) is 0. The highest BCUT2D eigenvalue weighted by atomic mass is 32.2. The van der Waals surface area contributed by atoms with Crippen LogP contribution in [0.3, 0.4) is 0 Å². The maximum atomic E-state index is 13.3. The lowest BCUT2D eigenvalue weighted by Crippen LogP contribution is -2.27. The number of nitrogens with two attached hydrogens (primary N) is 1. The Hall–Kier alpha value is -2.09. The van der Waals surface area contributed by atoms with E-state index >= 15 is 0 Å². The summed E-state index contributed by atoms with van der Waals surface area (Å²) in [5.41, 5.74) is 0.585. The molecule has 0 aliphatic rings. The van der Waals surface area contributed by atoms with Crippen molar-refractivity contribution in [3.05, 3.63) is 42.0 Å². The van der Waals surface area contributed by atoms with E-state index in [2.05, 4.69) is 15.5 Å². The Balaban J connectivity index is 1.71. The summed E-state index contributed by atoms with van der Waals surface area (Å²) in [4.78, 5) is 11.6. The smallest absolute Gasteiger partial charge is 0.230 e. The number of nitrogens with zero attached hydrogens (tertiary/aromatic N) is 3. The van der Waals surface area contributed by atoms with Crippen LogP contribution >= 0.6 is 11.8 Å². The molecule has 0 spiro atoms. The molecule has 1 amide bonds. The molecule has 1 aromatic carbocycles.